The van der Waals surface area contributed by atoms with Gasteiger partial charge in [-0.1, -0.05) is 12.1 Å². The third-order valence-corrected chi connectivity index (χ3v) is 2.42. The molecule has 0 aliphatic carbocycles. The first-order valence-electron chi connectivity index (χ1n) is 6.49. The summed E-state index contributed by atoms with van der Waals surface area (Å²) in [5.41, 5.74) is -0.136. The number of hydrogen-bond acceptors (Lipinski definition) is 3. The Morgan fingerprint density at radius 2 is 1.67 bits per heavy atom. The SMILES string of the molecule is CC(C)NC(=O)CNC(=O)CNC(=O)c1ccccc1F. The maximum Gasteiger partial charge on any atom is 0.254 e. The fourth-order valence-corrected chi connectivity index (χ4v) is 1.52. The molecule has 1 rings (SSSR count). The van der Waals surface area contributed by atoms with Crippen LogP contribution in [0.25, 0.3) is 0 Å². The molecule has 0 unspecified atom stereocenters. The predicted molar refractivity (Wildman–Crippen MR) is 75.0 cm³/mol. The lowest BCUT2D eigenvalue weighted by Gasteiger charge is -2.10. The van der Waals surface area contributed by atoms with Gasteiger partial charge < -0.3 is 16.0 Å². The number of benzene rings is 1. The van der Waals surface area contributed by atoms with Gasteiger partial charge in [0.05, 0.1) is 18.7 Å². The highest BCUT2D eigenvalue weighted by Gasteiger charge is 2.12. The van der Waals surface area contributed by atoms with E-state index in [-0.39, 0.29) is 30.6 Å². The highest BCUT2D eigenvalue weighted by atomic mass is 19.1. The average molecular weight is 295 g/mol. The molecule has 0 aliphatic rings. The Labute approximate surface area is 122 Å². The van der Waals surface area contributed by atoms with Gasteiger partial charge >= 0.3 is 0 Å². The Kier molecular flexibility index (Phi) is 6.32. The predicted octanol–water partition coefficient (Wildman–Crippen LogP) is 0.196. The monoisotopic (exact) mass is 295 g/mol. The van der Waals surface area contributed by atoms with E-state index in [2.05, 4.69) is 16.0 Å². The largest absolute Gasteiger partial charge is 0.352 e. The summed E-state index contributed by atoms with van der Waals surface area (Å²) in [4.78, 5) is 34.4. The van der Waals surface area contributed by atoms with E-state index in [1.54, 1.807) is 13.8 Å². The van der Waals surface area contributed by atoms with Crippen LogP contribution in [0.15, 0.2) is 24.3 Å². The maximum atomic E-state index is 13.3. The first-order valence-corrected chi connectivity index (χ1v) is 6.49. The van der Waals surface area contributed by atoms with Crippen molar-refractivity contribution in [2.45, 2.75) is 19.9 Å². The topological polar surface area (TPSA) is 87.3 Å². The van der Waals surface area contributed by atoms with Crippen LogP contribution >= 0.6 is 0 Å². The molecule has 114 valence electrons. The van der Waals surface area contributed by atoms with E-state index < -0.39 is 17.6 Å². The lowest BCUT2D eigenvalue weighted by Crippen LogP contribution is -2.43. The lowest BCUT2D eigenvalue weighted by atomic mass is 10.2. The summed E-state index contributed by atoms with van der Waals surface area (Å²) in [5.74, 6) is -2.20. The molecule has 0 fully saturated rings. The van der Waals surface area contributed by atoms with Gasteiger partial charge in [-0.2, -0.15) is 0 Å². The van der Waals surface area contributed by atoms with Crippen molar-refractivity contribution in [1.82, 2.24) is 16.0 Å². The molecule has 7 heteroatoms. The molecule has 0 saturated heterocycles. The molecule has 0 aromatic heterocycles. The van der Waals surface area contributed by atoms with Crippen molar-refractivity contribution in [3.05, 3.63) is 35.6 Å². The van der Waals surface area contributed by atoms with Gasteiger partial charge in [0.25, 0.3) is 5.91 Å². The van der Waals surface area contributed by atoms with Gasteiger partial charge in [0.2, 0.25) is 11.8 Å². The minimum atomic E-state index is -0.685. The Morgan fingerprint density at radius 3 is 2.29 bits per heavy atom. The Balaban J connectivity index is 2.35. The number of carbonyl (C=O) groups is 3. The van der Waals surface area contributed by atoms with Crippen LogP contribution < -0.4 is 16.0 Å². The summed E-state index contributed by atoms with van der Waals surface area (Å²) in [6.45, 7) is 3.09. The van der Waals surface area contributed by atoms with Crippen molar-refractivity contribution < 1.29 is 18.8 Å². The summed E-state index contributed by atoms with van der Waals surface area (Å²) < 4.78 is 13.3. The zero-order valence-corrected chi connectivity index (χ0v) is 11.9. The van der Waals surface area contributed by atoms with E-state index in [4.69, 9.17) is 0 Å². The normalized spacial score (nSPS) is 10.1. The molecule has 0 heterocycles. The Morgan fingerprint density at radius 1 is 1.05 bits per heavy atom. The van der Waals surface area contributed by atoms with E-state index >= 15 is 0 Å². The first kappa shape index (κ1) is 16.6. The second kappa shape index (κ2) is 7.98. The van der Waals surface area contributed by atoms with Crippen molar-refractivity contribution in [2.24, 2.45) is 0 Å². The molecule has 21 heavy (non-hydrogen) atoms. The number of amides is 3. The number of nitrogens with one attached hydrogen (secondary N) is 3. The fourth-order valence-electron chi connectivity index (χ4n) is 1.52. The molecule has 0 saturated carbocycles. The highest BCUT2D eigenvalue weighted by Crippen LogP contribution is 2.05. The van der Waals surface area contributed by atoms with Gasteiger partial charge in [0.15, 0.2) is 0 Å². The maximum absolute atomic E-state index is 13.3. The zero-order chi connectivity index (χ0) is 15.8. The third-order valence-electron chi connectivity index (χ3n) is 2.42. The molecule has 0 spiro atoms. The quantitative estimate of drug-likeness (QED) is 0.700. The summed E-state index contributed by atoms with van der Waals surface area (Å²) in [5, 5.41) is 7.24. The van der Waals surface area contributed by atoms with Gasteiger partial charge in [-0.15, -0.1) is 0 Å². The molecule has 1 aromatic rings. The van der Waals surface area contributed by atoms with Crippen LogP contribution in [-0.2, 0) is 9.59 Å². The first-order chi connectivity index (χ1) is 9.90. The molecule has 0 bridgehead atoms. The van der Waals surface area contributed by atoms with Crippen LogP contribution in [-0.4, -0.2) is 36.9 Å². The number of hydrogen-bond donors (Lipinski definition) is 3. The average Bonchev–Trinajstić information content (AvgIpc) is 2.42. The van der Waals surface area contributed by atoms with Crippen LogP contribution in [0.5, 0.6) is 0 Å². The van der Waals surface area contributed by atoms with Gasteiger partial charge in [-0.05, 0) is 26.0 Å². The zero-order valence-electron chi connectivity index (χ0n) is 11.9. The van der Waals surface area contributed by atoms with Gasteiger partial charge in [-0.25, -0.2) is 4.39 Å². The molecular formula is C14H18FN3O3. The van der Waals surface area contributed by atoms with Gasteiger partial charge in [0.1, 0.15) is 5.82 Å². The number of rotatable bonds is 6. The molecule has 1 aromatic carbocycles. The Hall–Kier alpha value is -2.44. The fraction of sp³-hybridized carbons (Fsp3) is 0.357. The summed E-state index contributed by atoms with van der Waals surface area (Å²) in [6, 6.07) is 5.44. The number of halogens is 1. The summed E-state index contributed by atoms with van der Waals surface area (Å²) in [7, 11) is 0. The standard InChI is InChI=1S/C14H18FN3O3/c1-9(2)18-13(20)8-16-12(19)7-17-14(21)10-5-3-4-6-11(10)15/h3-6,9H,7-8H2,1-2H3,(H,16,19)(H,17,21)(H,18,20). The number of carbonyl (C=O) groups excluding carboxylic acids is 3. The van der Waals surface area contributed by atoms with Crippen molar-refractivity contribution in [3.8, 4) is 0 Å². The van der Waals surface area contributed by atoms with E-state index in [1.807, 2.05) is 0 Å². The van der Waals surface area contributed by atoms with Gasteiger partial charge in [0, 0.05) is 6.04 Å². The minimum absolute atomic E-state index is 0.0184. The highest BCUT2D eigenvalue weighted by molar-refractivity contribution is 5.97. The molecule has 0 aliphatic heterocycles. The van der Waals surface area contributed by atoms with Gasteiger partial charge in [-0.3, -0.25) is 14.4 Å². The van der Waals surface area contributed by atoms with Crippen molar-refractivity contribution in [2.75, 3.05) is 13.1 Å². The van der Waals surface area contributed by atoms with E-state index in [9.17, 15) is 18.8 Å². The Bertz CT molecular complexity index is 532. The second-order valence-corrected chi connectivity index (χ2v) is 4.66. The second-order valence-electron chi connectivity index (χ2n) is 4.66. The smallest absolute Gasteiger partial charge is 0.254 e. The minimum Gasteiger partial charge on any atom is -0.352 e. The molecule has 6 nitrogen and oxygen atoms in total. The molecule has 0 radical (unpaired) electrons. The van der Waals surface area contributed by atoms with Crippen molar-refractivity contribution in [3.63, 3.8) is 0 Å². The van der Waals surface area contributed by atoms with E-state index in [1.165, 1.54) is 18.2 Å². The van der Waals surface area contributed by atoms with Crippen LogP contribution in [0.4, 0.5) is 4.39 Å². The molecule has 3 N–H and O–H groups in total. The lowest BCUT2D eigenvalue weighted by molar-refractivity contribution is -0.125. The van der Waals surface area contributed by atoms with Crippen LogP contribution in [0.3, 0.4) is 0 Å². The molecule has 3 amide bonds. The van der Waals surface area contributed by atoms with E-state index in [0.717, 1.165) is 6.07 Å². The summed E-state index contributed by atoms with van der Waals surface area (Å²) in [6.07, 6.45) is 0. The summed E-state index contributed by atoms with van der Waals surface area (Å²) >= 11 is 0. The van der Waals surface area contributed by atoms with Crippen LogP contribution in [0.1, 0.15) is 24.2 Å². The van der Waals surface area contributed by atoms with E-state index in [0.29, 0.717) is 0 Å². The molecule has 0 atom stereocenters. The van der Waals surface area contributed by atoms with Crippen molar-refractivity contribution >= 4 is 17.7 Å². The van der Waals surface area contributed by atoms with Crippen LogP contribution in [0, 0.1) is 5.82 Å². The molecular weight excluding hydrogens is 277 g/mol. The third kappa shape index (κ3) is 6.03. The van der Waals surface area contributed by atoms with Crippen LogP contribution in [0.2, 0.25) is 0 Å². The van der Waals surface area contributed by atoms with Crippen molar-refractivity contribution in [1.29, 1.82) is 0 Å².